The van der Waals surface area contributed by atoms with E-state index in [1.165, 1.54) is 30.6 Å². The smallest absolute Gasteiger partial charge is 0.261 e. The molecule has 0 saturated carbocycles. The van der Waals surface area contributed by atoms with Gasteiger partial charge in [0.2, 0.25) is 0 Å². The molecular weight excluding hydrogens is 235 g/mol. The Bertz CT molecular complexity index is 649. The van der Waals surface area contributed by atoms with Gasteiger partial charge >= 0.3 is 0 Å². The number of carbonyl (C=O) groups excluding carboxylic acids is 1. The summed E-state index contributed by atoms with van der Waals surface area (Å²) in [6.07, 6.45) is 2.75. The molecule has 0 radical (unpaired) electrons. The van der Waals surface area contributed by atoms with Gasteiger partial charge in [0.1, 0.15) is 11.4 Å². The Hall–Kier alpha value is -2.43. The monoisotopic (exact) mass is 246 g/mol. The van der Waals surface area contributed by atoms with E-state index < -0.39 is 11.7 Å². The summed E-state index contributed by atoms with van der Waals surface area (Å²) in [5, 5.41) is 2.51. The fourth-order valence-corrected chi connectivity index (χ4v) is 1.51. The van der Waals surface area contributed by atoms with E-state index in [0.717, 1.165) is 5.56 Å². The number of amides is 1. The van der Waals surface area contributed by atoms with Crippen LogP contribution < -0.4 is 10.7 Å². The second-order valence-corrected chi connectivity index (χ2v) is 3.84. The summed E-state index contributed by atoms with van der Waals surface area (Å²) in [4.78, 5) is 26.0. The summed E-state index contributed by atoms with van der Waals surface area (Å²) in [6, 6.07) is 5.33. The van der Waals surface area contributed by atoms with Crippen molar-refractivity contribution >= 4 is 11.6 Å². The molecule has 1 heterocycles. The van der Waals surface area contributed by atoms with Crippen LogP contribution in [0.15, 0.2) is 41.5 Å². The molecule has 5 heteroatoms. The van der Waals surface area contributed by atoms with Crippen LogP contribution >= 0.6 is 0 Å². The SMILES string of the molecule is Cc1ccc(F)cc1NC(=O)c1c[nH]ccc1=O. The minimum atomic E-state index is -0.564. The predicted molar refractivity (Wildman–Crippen MR) is 66.2 cm³/mol. The van der Waals surface area contributed by atoms with Crippen LogP contribution in [0.25, 0.3) is 0 Å². The van der Waals surface area contributed by atoms with Crippen LogP contribution in [0.1, 0.15) is 15.9 Å². The highest BCUT2D eigenvalue weighted by Crippen LogP contribution is 2.16. The van der Waals surface area contributed by atoms with Gasteiger partial charge in [-0.15, -0.1) is 0 Å². The number of aromatic nitrogens is 1. The first-order chi connectivity index (χ1) is 8.58. The molecule has 0 spiro atoms. The molecule has 0 unspecified atom stereocenters. The summed E-state index contributed by atoms with van der Waals surface area (Å²) >= 11 is 0. The van der Waals surface area contributed by atoms with Crippen LogP contribution in [0, 0.1) is 12.7 Å². The number of halogens is 1. The maximum Gasteiger partial charge on any atom is 0.261 e. The summed E-state index contributed by atoms with van der Waals surface area (Å²) in [7, 11) is 0. The number of pyridine rings is 1. The molecule has 0 fully saturated rings. The summed E-state index contributed by atoms with van der Waals surface area (Å²) in [5.41, 5.74) is 0.668. The van der Waals surface area contributed by atoms with E-state index in [1.54, 1.807) is 13.0 Å². The number of rotatable bonds is 2. The largest absolute Gasteiger partial charge is 0.367 e. The van der Waals surface area contributed by atoms with Gasteiger partial charge in [-0.05, 0) is 24.6 Å². The van der Waals surface area contributed by atoms with Crippen LogP contribution in [0.4, 0.5) is 10.1 Å². The lowest BCUT2D eigenvalue weighted by molar-refractivity contribution is 0.102. The zero-order chi connectivity index (χ0) is 13.1. The summed E-state index contributed by atoms with van der Waals surface area (Å²) in [6.45, 7) is 1.74. The summed E-state index contributed by atoms with van der Waals surface area (Å²) in [5.74, 6) is -1.01. The van der Waals surface area contributed by atoms with Gasteiger partial charge in [0.05, 0.1) is 0 Å². The van der Waals surface area contributed by atoms with E-state index in [4.69, 9.17) is 0 Å². The predicted octanol–water partition coefficient (Wildman–Crippen LogP) is 2.07. The van der Waals surface area contributed by atoms with E-state index >= 15 is 0 Å². The lowest BCUT2D eigenvalue weighted by Crippen LogP contribution is -2.21. The minimum absolute atomic E-state index is 0.0128. The van der Waals surface area contributed by atoms with Gasteiger partial charge in [-0.25, -0.2) is 4.39 Å². The molecule has 1 aromatic carbocycles. The Morgan fingerprint density at radius 2 is 2.11 bits per heavy atom. The maximum absolute atomic E-state index is 13.1. The van der Waals surface area contributed by atoms with Crippen molar-refractivity contribution in [1.29, 1.82) is 0 Å². The van der Waals surface area contributed by atoms with Crippen LogP contribution in [0.5, 0.6) is 0 Å². The Morgan fingerprint density at radius 1 is 1.33 bits per heavy atom. The number of aromatic amines is 1. The Morgan fingerprint density at radius 3 is 2.83 bits per heavy atom. The Balaban J connectivity index is 2.30. The van der Waals surface area contributed by atoms with Gasteiger partial charge in [0.25, 0.3) is 5.91 Å². The molecule has 1 aromatic heterocycles. The van der Waals surface area contributed by atoms with E-state index in [9.17, 15) is 14.0 Å². The number of H-pyrrole nitrogens is 1. The molecule has 0 aliphatic heterocycles. The van der Waals surface area contributed by atoms with E-state index in [-0.39, 0.29) is 11.0 Å². The third-order valence-corrected chi connectivity index (χ3v) is 2.52. The molecule has 2 rings (SSSR count). The first-order valence-electron chi connectivity index (χ1n) is 5.32. The number of nitrogens with one attached hydrogen (secondary N) is 2. The normalized spacial score (nSPS) is 10.1. The van der Waals surface area contributed by atoms with Crippen LogP contribution in [-0.2, 0) is 0 Å². The average Bonchev–Trinajstić information content (AvgIpc) is 2.34. The fraction of sp³-hybridized carbons (Fsp3) is 0.0769. The fourth-order valence-electron chi connectivity index (χ4n) is 1.51. The molecule has 0 bridgehead atoms. The molecular formula is C13H11FN2O2. The molecule has 92 valence electrons. The Kier molecular flexibility index (Phi) is 3.23. The van der Waals surface area contributed by atoms with Crippen molar-refractivity contribution in [1.82, 2.24) is 4.98 Å². The van der Waals surface area contributed by atoms with Crippen molar-refractivity contribution in [2.24, 2.45) is 0 Å². The quantitative estimate of drug-likeness (QED) is 0.852. The third kappa shape index (κ3) is 2.45. The zero-order valence-electron chi connectivity index (χ0n) is 9.66. The van der Waals surface area contributed by atoms with Gasteiger partial charge in [-0.2, -0.15) is 0 Å². The van der Waals surface area contributed by atoms with Crippen LogP contribution in [0.2, 0.25) is 0 Å². The lowest BCUT2D eigenvalue weighted by Gasteiger charge is -2.07. The molecule has 4 nitrogen and oxygen atoms in total. The number of anilines is 1. The first-order valence-corrected chi connectivity index (χ1v) is 5.32. The highest BCUT2D eigenvalue weighted by molar-refractivity contribution is 6.04. The van der Waals surface area contributed by atoms with Crippen molar-refractivity contribution in [3.63, 3.8) is 0 Å². The highest BCUT2D eigenvalue weighted by atomic mass is 19.1. The number of hydrogen-bond donors (Lipinski definition) is 2. The molecule has 0 saturated heterocycles. The van der Waals surface area contributed by atoms with Crippen LogP contribution in [0.3, 0.4) is 0 Å². The second kappa shape index (κ2) is 4.83. The number of benzene rings is 1. The molecule has 2 N–H and O–H groups in total. The first kappa shape index (κ1) is 12.0. The standard InChI is InChI=1S/C13H11FN2O2/c1-8-2-3-9(14)6-11(8)16-13(18)10-7-15-5-4-12(10)17/h2-7H,1H3,(H,15,17)(H,16,18). The average molecular weight is 246 g/mol. The maximum atomic E-state index is 13.1. The molecule has 0 aliphatic rings. The Labute approximate surface area is 102 Å². The number of aryl methyl sites for hydroxylation is 1. The summed E-state index contributed by atoms with van der Waals surface area (Å²) < 4.78 is 13.1. The van der Waals surface area contributed by atoms with Crippen molar-refractivity contribution in [2.75, 3.05) is 5.32 Å². The second-order valence-electron chi connectivity index (χ2n) is 3.84. The lowest BCUT2D eigenvalue weighted by atomic mass is 10.2. The molecule has 0 aliphatic carbocycles. The zero-order valence-corrected chi connectivity index (χ0v) is 9.66. The van der Waals surface area contributed by atoms with E-state index in [2.05, 4.69) is 10.3 Å². The van der Waals surface area contributed by atoms with Crippen molar-refractivity contribution < 1.29 is 9.18 Å². The van der Waals surface area contributed by atoms with Gasteiger partial charge in [-0.3, -0.25) is 9.59 Å². The van der Waals surface area contributed by atoms with Gasteiger partial charge in [-0.1, -0.05) is 6.07 Å². The van der Waals surface area contributed by atoms with E-state index in [0.29, 0.717) is 5.69 Å². The molecule has 0 atom stereocenters. The third-order valence-electron chi connectivity index (χ3n) is 2.52. The molecule has 1 amide bonds. The van der Waals surface area contributed by atoms with Crippen molar-refractivity contribution in [3.8, 4) is 0 Å². The van der Waals surface area contributed by atoms with Crippen molar-refractivity contribution in [2.45, 2.75) is 6.92 Å². The van der Waals surface area contributed by atoms with Crippen molar-refractivity contribution in [3.05, 3.63) is 63.8 Å². The van der Waals surface area contributed by atoms with Crippen LogP contribution in [-0.4, -0.2) is 10.9 Å². The number of hydrogen-bond acceptors (Lipinski definition) is 2. The van der Waals surface area contributed by atoms with Gasteiger partial charge in [0.15, 0.2) is 5.43 Å². The van der Waals surface area contributed by atoms with Gasteiger partial charge < -0.3 is 10.3 Å². The molecule has 18 heavy (non-hydrogen) atoms. The van der Waals surface area contributed by atoms with E-state index in [1.807, 2.05) is 0 Å². The van der Waals surface area contributed by atoms with Gasteiger partial charge in [0, 0.05) is 24.1 Å². The topological polar surface area (TPSA) is 62.0 Å². The highest BCUT2D eigenvalue weighted by Gasteiger charge is 2.11. The number of carbonyl (C=O) groups is 1. The minimum Gasteiger partial charge on any atom is -0.367 e. The molecule has 2 aromatic rings.